The molecule has 0 N–H and O–H groups in total. The number of fused-ring (bicyclic) bond motifs is 9. The van der Waals surface area contributed by atoms with Crippen molar-refractivity contribution in [3.63, 3.8) is 0 Å². The van der Waals surface area contributed by atoms with E-state index in [9.17, 15) is 5.26 Å². The molecular formula is C54H33N3S. The fourth-order valence-corrected chi connectivity index (χ4v) is 10.2. The molecule has 1 aromatic heterocycles. The molecule has 4 heteroatoms. The van der Waals surface area contributed by atoms with Crippen LogP contribution in [0.1, 0.15) is 27.8 Å². The van der Waals surface area contributed by atoms with E-state index >= 15 is 0 Å². The zero-order valence-corrected chi connectivity index (χ0v) is 32.1. The van der Waals surface area contributed by atoms with Gasteiger partial charge in [-0.1, -0.05) is 169 Å². The summed E-state index contributed by atoms with van der Waals surface area (Å²) in [6.07, 6.45) is 0. The molecule has 3 nitrogen and oxygen atoms in total. The van der Waals surface area contributed by atoms with E-state index in [0.717, 1.165) is 50.3 Å². The van der Waals surface area contributed by atoms with Gasteiger partial charge in [-0.05, 0) is 98.1 Å². The molecule has 2 aliphatic rings. The van der Waals surface area contributed by atoms with Crippen LogP contribution in [0.4, 0.5) is 0 Å². The first-order chi connectivity index (χ1) is 28.7. The van der Waals surface area contributed by atoms with Crippen molar-refractivity contribution in [2.45, 2.75) is 15.2 Å². The van der Waals surface area contributed by atoms with Crippen LogP contribution in [-0.2, 0) is 5.41 Å². The van der Waals surface area contributed by atoms with E-state index in [2.05, 4.69) is 158 Å². The molecule has 8 aromatic carbocycles. The largest absolute Gasteiger partial charge is 0.228 e. The Morgan fingerprint density at radius 1 is 0.397 bits per heavy atom. The van der Waals surface area contributed by atoms with Gasteiger partial charge in [0, 0.05) is 26.5 Å². The maximum atomic E-state index is 9.64. The normalized spacial score (nSPS) is 12.9. The Bertz CT molecular complexity index is 2990. The van der Waals surface area contributed by atoms with Gasteiger partial charge in [-0.25, -0.2) is 9.97 Å². The molecule has 0 unspecified atom stereocenters. The summed E-state index contributed by atoms with van der Waals surface area (Å²) in [5.74, 6) is 0.684. The average Bonchev–Trinajstić information content (AvgIpc) is 3.59. The summed E-state index contributed by atoms with van der Waals surface area (Å²) in [4.78, 5) is 12.8. The molecule has 2 heterocycles. The van der Waals surface area contributed by atoms with E-state index in [0.29, 0.717) is 11.4 Å². The first-order valence-electron chi connectivity index (χ1n) is 19.5. The van der Waals surface area contributed by atoms with Crippen molar-refractivity contribution in [3.8, 4) is 73.4 Å². The van der Waals surface area contributed by atoms with Gasteiger partial charge in [-0.2, -0.15) is 5.26 Å². The minimum absolute atomic E-state index is 0.508. The van der Waals surface area contributed by atoms with Crippen molar-refractivity contribution in [1.82, 2.24) is 9.97 Å². The van der Waals surface area contributed by atoms with Crippen molar-refractivity contribution in [1.29, 1.82) is 5.26 Å². The molecule has 0 atom stereocenters. The summed E-state index contributed by atoms with van der Waals surface area (Å²) in [6, 6.07) is 73.2. The summed E-state index contributed by atoms with van der Waals surface area (Å²) in [6.45, 7) is 0. The quantitative estimate of drug-likeness (QED) is 0.175. The highest BCUT2D eigenvalue weighted by molar-refractivity contribution is 7.99. The zero-order valence-electron chi connectivity index (χ0n) is 31.3. The van der Waals surface area contributed by atoms with Crippen LogP contribution in [-0.4, -0.2) is 9.97 Å². The van der Waals surface area contributed by atoms with Crippen LogP contribution < -0.4 is 0 Å². The Morgan fingerprint density at radius 2 is 0.931 bits per heavy atom. The van der Waals surface area contributed by atoms with Crippen LogP contribution >= 0.6 is 11.8 Å². The van der Waals surface area contributed by atoms with Gasteiger partial charge in [0.2, 0.25) is 0 Å². The topological polar surface area (TPSA) is 49.6 Å². The molecule has 0 radical (unpaired) electrons. The van der Waals surface area contributed by atoms with Crippen LogP contribution in [0.15, 0.2) is 210 Å². The van der Waals surface area contributed by atoms with Crippen molar-refractivity contribution in [2.24, 2.45) is 0 Å². The third-order valence-electron chi connectivity index (χ3n) is 11.6. The molecule has 9 aromatic rings. The highest BCUT2D eigenvalue weighted by Gasteiger charge is 2.50. The third kappa shape index (κ3) is 5.36. The average molecular weight is 756 g/mol. The third-order valence-corrected chi connectivity index (χ3v) is 12.8. The highest BCUT2D eigenvalue weighted by Crippen LogP contribution is 2.63. The summed E-state index contributed by atoms with van der Waals surface area (Å²) < 4.78 is 0. The van der Waals surface area contributed by atoms with Gasteiger partial charge < -0.3 is 0 Å². The number of rotatable bonds is 5. The van der Waals surface area contributed by atoms with Gasteiger partial charge >= 0.3 is 0 Å². The Kier molecular flexibility index (Phi) is 8.03. The van der Waals surface area contributed by atoms with Crippen molar-refractivity contribution in [2.75, 3.05) is 0 Å². The maximum absolute atomic E-state index is 9.64. The second-order valence-electron chi connectivity index (χ2n) is 14.8. The van der Waals surface area contributed by atoms with Gasteiger partial charge in [0.15, 0.2) is 5.82 Å². The Labute approximate surface area is 342 Å². The van der Waals surface area contributed by atoms with Gasteiger partial charge in [0.1, 0.15) is 0 Å². The number of aromatic nitrogens is 2. The number of benzene rings is 8. The molecule has 0 bridgehead atoms. The fraction of sp³-hybridized carbons (Fsp3) is 0.0185. The first kappa shape index (κ1) is 34.0. The lowest BCUT2D eigenvalue weighted by Gasteiger charge is -2.39. The summed E-state index contributed by atoms with van der Waals surface area (Å²) >= 11 is 1.85. The fourth-order valence-electron chi connectivity index (χ4n) is 9.03. The van der Waals surface area contributed by atoms with Crippen molar-refractivity contribution < 1.29 is 0 Å². The van der Waals surface area contributed by atoms with Crippen molar-refractivity contribution in [3.05, 3.63) is 228 Å². The molecule has 1 spiro atoms. The summed E-state index contributed by atoms with van der Waals surface area (Å²) in [5.41, 5.74) is 17.0. The molecular weight excluding hydrogens is 723 g/mol. The lowest BCUT2D eigenvalue weighted by Crippen LogP contribution is -2.31. The van der Waals surface area contributed by atoms with Crippen LogP contribution in [0, 0.1) is 11.3 Å². The summed E-state index contributed by atoms with van der Waals surface area (Å²) in [7, 11) is 0. The zero-order chi connectivity index (χ0) is 38.6. The van der Waals surface area contributed by atoms with Crippen LogP contribution in [0.25, 0.3) is 67.3 Å². The second kappa shape index (κ2) is 13.7. The van der Waals surface area contributed by atoms with E-state index in [1.165, 1.54) is 43.2 Å². The SMILES string of the molecule is N#Cc1ccc(-c2cccc3c2-c2cc(-c4cccc(-c5nc(-c6ccccc6)cc(-c6ccccc6)n5)c4)ccc2C32c3ccccc3Sc3ccccc32)cc1. The van der Waals surface area contributed by atoms with Crippen LogP contribution in [0.3, 0.4) is 0 Å². The van der Waals surface area contributed by atoms with Gasteiger partial charge in [0.05, 0.1) is 28.4 Å². The predicted molar refractivity (Wildman–Crippen MR) is 235 cm³/mol. The van der Waals surface area contributed by atoms with Gasteiger partial charge in [-0.15, -0.1) is 0 Å². The van der Waals surface area contributed by atoms with E-state index in [1.54, 1.807) is 0 Å². The Hall–Kier alpha value is -7.32. The smallest absolute Gasteiger partial charge is 0.160 e. The number of hydrogen-bond acceptors (Lipinski definition) is 4. The number of hydrogen-bond donors (Lipinski definition) is 0. The standard InChI is InChI=1S/C54H33N3S/c55-34-35-25-27-36(28-26-35)42-19-12-22-47-52(42)43-32-40(29-30-44(43)54(47)45-20-7-9-23-50(45)58-51-24-10-8-21-46(51)54)39-17-11-18-41(31-39)53-56-48(37-13-3-1-4-14-37)33-49(57-53)38-15-5-2-6-16-38/h1-33H. The van der Waals surface area contributed by atoms with Gasteiger partial charge in [0.25, 0.3) is 0 Å². The Morgan fingerprint density at radius 3 is 1.59 bits per heavy atom. The maximum Gasteiger partial charge on any atom is 0.160 e. The molecule has 0 amide bonds. The molecule has 58 heavy (non-hydrogen) atoms. The molecule has 1 aliphatic carbocycles. The number of nitrogens with zero attached hydrogens (tertiary/aromatic N) is 3. The lowest BCUT2D eigenvalue weighted by molar-refractivity contribution is 0.722. The molecule has 1 aliphatic heterocycles. The van der Waals surface area contributed by atoms with E-state index in [4.69, 9.17) is 9.97 Å². The minimum Gasteiger partial charge on any atom is -0.228 e. The molecule has 0 fully saturated rings. The van der Waals surface area contributed by atoms with Gasteiger partial charge in [-0.3, -0.25) is 0 Å². The van der Waals surface area contributed by atoms with Crippen LogP contribution in [0.2, 0.25) is 0 Å². The molecule has 270 valence electrons. The molecule has 0 saturated heterocycles. The first-order valence-corrected chi connectivity index (χ1v) is 20.3. The Balaban J connectivity index is 1.12. The lowest BCUT2D eigenvalue weighted by atomic mass is 9.67. The monoisotopic (exact) mass is 755 g/mol. The highest BCUT2D eigenvalue weighted by atomic mass is 32.2. The van der Waals surface area contributed by atoms with E-state index in [-0.39, 0.29) is 0 Å². The number of nitriles is 1. The van der Waals surface area contributed by atoms with Crippen molar-refractivity contribution >= 4 is 11.8 Å². The molecule has 0 saturated carbocycles. The van der Waals surface area contributed by atoms with E-state index < -0.39 is 5.41 Å². The molecule has 11 rings (SSSR count). The predicted octanol–water partition coefficient (Wildman–Crippen LogP) is 13.5. The van der Waals surface area contributed by atoms with E-state index in [1.807, 2.05) is 60.3 Å². The van der Waals surface area contributed by atoms with Crippen LogP contribution in [0.5, 0.6) is 0 Å². The minimum atomic E-state index is -0.508. The summed E-state index contributed by atoms with van der Waals surface area (Å²) in [5, 5.41) is 9.64. The second-order valence-corrected chi connectivity index (χ2v) is 15.9.